The molecule has 4 aliphatic heterocycles. The summed E-state index contributed by atoms with van der Waals surface area (Å²) in [5.41, 5.74) is 24.0. The van der Waals surface area contributed by atoms with Crippen LogP contribution < -0.4 is 57.1 Å². The van der Waals surface area contributed by atoms with Crippen LogP contribution in [0.1, 0.15) is 0 Å². The van der Waals surface area contributed by atoms with Crippen LogP contribution in [0.5, 0.6) is 11.5 Å². The van der Waals surface area contributed by atoms with Crippen molar-refractivity contribution in [2.24, 2.45) is 0 Å². The molecule has 0 saturated carbocycles. The average molecular weight is 1020 g/mol. The Morgan fingerprint density at radius 3 is 1.30 bits per heavy atom. The van der Waals surface area contributed by atoms with Crippen LogP contribution in [0.3, 0.4) is 0 Å². The molecule has 0 atom stereocenters. The summed E-state index contributed by atoms with van der Waals surface area (Å²) in [6, 6.07) is 104. The summed E-state index contributed by atoms with van der Waals surface area (Å²) in [4.78, 5) is 9.83. The summed E-state index contributed by atoms with van der Waals surface area (Å²) in [7, 11) is 0. The van der Waals surface area contributed by atoms with Gasteiger partial charge in [0.1, 0.15) is 11.5 Å². The number of ether oxygens (including phenoxy) is 1. The van der Waals surface area contributed by atoms with Gasteiger partial charge in [-0.3, -0.25) is 0 Å². The highest BCUT2D eigenvalue weighted by molar-refractivity contribution is 7.02. The number of anilines is 12. The minimum absolute atomic E-state index is 0.120. The lowest BCUT2D eigenvalue weighted by molar-refractivity contribution is 0.487. The molecule has 80 heavy (non-hydrogen) atoms. The lowest BCUT2D eigenvalue weighted by Gasteiger charge is -2.45. The SMILES string of the molecule is c1ccc(N(c2ccccc2)c2cc3c4c(c2)N(c2ccccc2)c2cc5c(cc2B4c2ccccc2O3)B2c3c(cc(N(c4ccccc4)c4ccccc4)cc3-n3c4ccccc4c4cccc2c43)N5c2ccccc2)cc1. The number of benzene rings is 12. The Hall–Kier alpha value is -10.4. The molecular weight excluding hydrogens is 972 g/mol. The van der Waals surface area contributed by atoms with Gasteiger partial charge in [0.05, 0.1) is 16.9 Å². The Bertz CT molecular complexity index is 4520. The normalized spacial score (nSPS) is 13.0. The van der Waals surface area contributed by atoms with Crippen LogP contribution >= 0.6 is 0 Å². The Balaban J connectivity index is 0.994. The first kappa shape index (κ1) is 44.7. The number of fused-ring (bicyclic) bond motifs is 11. The fourth-order valence-electron chi connectivity index (χ4n) is 13.7. The highest BCUT2D eigenvalue weighted by Crippen LogP contribution is 2.50. The van der Waals surface area contributed by atoms with Gasteiger partial charge in [-0.25, -0.2) is 0 Å². The van der Waals surface area contributed by atoms with Gasteiger partial charge >= 0.3 is 0 Å². The van der Waals surface area contributed by atoms with Gasteiger partial charge in [-0.1, -0.05) is 170 Å². The lowest BCUT2D eigenvalue weighted by Crippen LogP contribution is -2.64. The molecular formula is C72H47B2N5O. The van der Waals surface area contributed by atoms with E-state index in [4.69, 9.17) is 4.74 Å². The van der Waals surface area contributed by atoms with Crippen LogP contribution in [0.25, 0.3) is 27.5 Å². The number of hydrogen-bond donors (Lipinski definition) is 0. The van der Waals surface area contributed by atoms with E-state index >= 15 is 0 Å². The van der Waals surface area contributed by atoms with Gasteiger partial charge in [-0.2, -0.15) is 0 Å². The van der Waals surface area contributed by atoms with Gasteiger partial charge in [-0.05, 0) is 142 Å². The van der Waals surface area contributed by atoms with Gasteiger partial charge in [0.25, 0.3) is 13.4 Å². The van der Waals surface area contributed by atoms with Gasteiger partial charge in [-0.15, -0.1) is 0 Å². The summed E-state index contributed by atoms with van der Waals surface area (Å²) in [5.74, 6) is 1.72. The summed E-state index contributed by atoms with van der Waals surface area (Å²) in [6.07, 6.45) is 0. The quantitative estimate of drug-likeness (QED) is 0.141. The molecule has 0 aliphatic carbocycles. The third-order valence-electron chi connectivity index (χ3n) is 16.9. The standard InChI is InChI=1S/C72H47B2N5O/c1-7-24-48(25-8-1)75(49-26-9-2-10-27-49)54-42-65-70-66(43-54)79-62-40-21-19-36-56(62)57-37-23-39-59(72(57)79)74(70)61-46-60-63(47-64(61)77(65)52-32-15-5-16-33-52)78(53-34-17-6-18-35-53)67-44-55(45-69-71(67)73(60)58-38-20-22-41-68(58)80-69)76(50-28-11-3-12-29-50)51-30-13-4-14-31-51/h1-47H. The third-order valence-corrected chi connectivity index (χ3v) is 16.9. The fraction of sp³-hybridized carbons (Fsp3) is 0. The molecule has 372 valence electrons. The number of hydrogen-bond acceptors (Lipinski definition) is 5. The zero-order chi connectivity index (χ0) is 52.4. The number of para-hydroxylation sites is 9. The van der Waals surface area contributed by atoms with Crippen molar-refractivity contribution in [1.29, 1.82) is 0 Å². The van der Waals surface area contributed by atoms with E-state index in [0.717, 1.165) is 90.7 Å². The largest absolute Gasteiger partial charge is 0.458 e. The van der Waals surface area contributed by atoms with Crippen molar-refractivity contribution >= 4 is 136 Å². The van der Waals surface area contributed by atoms with Crippen LogP contribution in [0.15, 0.2) is 285 Å². The second kappa shape index (κ2) is 17.5. The molecule has 0 saturated heterocycles. The van der Waals surface area contributed by atoms with E-state index in [1.807, 2.05) is 0 Å². The van der Waals surface area contributed by atoms with Crippen molar-refractivity contribution in [3.05, 3.63) is 285 Å². The molecule has 0 amide bonds. The maximum Gasteiger partial charge on any atom is 0.256 e. The Morgan fingerprint density at radius 2 is 0.725 bits per heavy atom. The number of aromatic nitrogens is 1. The lowest BCUT2D eigenvalue weighted by atomic mass is 9.30. The zero-order valence-electron chi connectivity index (χ0n) is 43.4. The van der Waals surface area contributed by atoms with Gasteiger partial charge in [0, 0.05) is 84.9 Å². The Labute approximate surface area is 465 Å². The molecule has 17 rings (SSSR count). The van der Waals surface area contributed by atoms with E-state index < -0.39 is 0 Å². The summed E-state index contributed by atoms with van der Waals surface area (Å²) in [6.45, 7) is -0.267. The molecule has 4 aliphatic rings. The Kier molecular flexibility index (Phi) is 9.80. The van der Waals surface area contributed by atoms with Gasteiger partial charge in [0.2, 0.25) is 0 Å². The van der Waals surface area contributed by atoms with Crippen LogP contribution in [-0.2, 0) is 0 Å². The first-order valence-electron chi connectivity index (χ1n) is 27.6. The highest BCUT2D eigenvalue weighted by Gasteiger charge is 2.48. The molecule has 13 aromatic rings. The molecule has 0 fully saturated rings. The van der Waals surface area contributed by atoms with Crippen LogP contribution in [0, 0.1) is 0 Å². The van der Waals surface area contributed by atoms with E-state index in [1.54, 1.807) is 0 Å². The molecule has 0 bridgehead atoms. The first-order valence-corrected chi connectivity index (χ1v) is 27.6. The first-order chi connectivity index (χ1) is 39.7. The van der Waals surface area contributed by atoms with Gasteiger partial charge in [0.15, 0.2) is 0 Å². The van der Waals surface area contributed by atoms with Crippen molar-refractivity contribution < 1.29 is 4.74 Å². The Morgan fingerprint density at radius 1 is 0.287 bits per heavy atom. The van der Waals surface area contributed by atoms with Crippen molar-refractivity contribution in [1.82, 2.24) is 4.57 Å². The second-order valence-electron chi connectivity index (χ2n) is 21.2. The van der Waals surface area contributed by atoms with Gasteiger partial charge < -0.3 is 28.9 Å². The molecule has 12 aromatic carbocycles. The van der Waals surface area contributed by atoms with Crippen molar-refractivity contribution in [3.8, 4) is 17.2 Å². The van der Waals surface area contributed by atoms with Crippen LogP contribution in [0.2, 0.25) is 0 Å². The summed E-state index contributed by atoms with van der Waals surface area (Å²) >= 11 is 0. The van der Waals surface area contributed by atoms with E-state index in [-0.39, 0.29) is 13.4 Å². The fourth-order valence-corrected chi connectivity index (χ4v) is 13.7. The maximum atomic E-state index is 7.22. The van der Waals surface area contributed by atoms with E-state index in [1.165, 1.54) is 49.3 Å². The number of nitrogens with zero attached hydrogens (tertiary/aromatic N) is 5. The smallest absolute Gasteiger partial charge is 0.256 e. The zero-order valence-corrected chi connectivity index (χ0v) is 43.4. The summed E-state index contributed by atoms with van der Waals surface area (Å²) in [5, 5.41) is 2.50. The minimum atomic E-state index is -0.147. The predicted octanol–water partition coefficient (Wildman–Crippen LogP) is 14.7. The molecule has 0 radical (unpaired) electrons. The van der Waals surface area contributed by atoms with E-state index in [0.29, 0.717) is 0 Å². The predicted molar refractivity (Wildman–Crippen MR) is 335 cm³/mol. The third kappa shape index (κ3) is 6.56. The van der Waals surface area contributed by atoms with Crippen molar-refractivity contribution in [3.63, 3.8) is 0 Å². The topological polar surface area (TPSA) is 27.1 Å². The second-order valence-corrected chi connectivity index (χ2v) is 21.2. The molecule has 0 unspecified atom stereocenters. The number of rotatable bonds is 8. The van der Waals surface area contributed by atoms with E-state index in [2.05, 4.69) is 309 Å². The highest BCUT2D eigenvalue weighted by atomic mass is 16.5. The van der Waals surface area contributed by atoms with Crippen LogP contribution in [-0.4, -0.2) is 18.0 Å². The average Bonchev–Trinajstić information content (AvgIpc) is 3.78. The maximum absolute atomic E-state index is 7.22. The molecule has 5 heterocycles. The van der Waals surface area contributed by atoms with E-state index in [9.17, 15) is 0 Å². The molecule has 1 aromatic heterocycles. The molecule has 6 nitrogen and oxygen atoms in total. The summed E-state index contributed by atoms with van der Waals surface area (Å²) < 4.78 is 9.79. The molecule has 8 heteroatoms. The van der Waals surface area contributed by atoms with Crippen LogP contribution in [0.4, 0.5) is 68.2 Å². The van der Waals surface area contributed by atoms with Crippen molar-refractivity contribution in [2.75, 3.05) is 19.6 Å². The van der Waals surface area contributed by atoms with Crippen molar-refractivity contribution in [2.45, 2.75) is 0 Å². The molecule has 0 spiro atoms. The monoisotopic (exact) mass is 1020 g/mol. The molecule has 0 N–H and O–H groups in total. The minimum Gasteiger partial charge on any atom is -0.458 e.